The molecule has 0 spiro atoms. The number of hydrogen-bond donors (Lipinski definition) is 1. The second-order valence-electron chi connectivity index (χ2n) is 3.88. The summed E-state index contributed by atoms with van der Waals surface area (Å²) in [6.07, 6.45) is 3.51. The van der Waals surface area contributed by atoms with Crippen molar-refractivity contribution in [3.05, 3.63) is 63.4 Å². The average molecular weight is 267 g/mol. The van der Waals surface area contributed by atoms with Gasteiger partial charge in [-0.1, -0.05) is 29.3 Å². The number of aromatic nitrogens is 1. The first kappa shape index (κ1) is 12.4. The highest BCUT2D eigenvalue weighted by atomic mass is 35.5. The molecule has 0 saturated carbocycles. The molecular weight excluding hydrogens is 255 g/mol. The summed E-state index contributed by atoms with van der Waals surface area (Å²) in [6, 6.07) is 6.98. The van der Waals surface area contributed by atoms with Crippen molar-refractivity contribution in [3.8, 4) is 0 Å². The number of benzene rings is 1. The van der Waals surface area contributed by atoms with E-state index in [-0.39, 0.29) is 6.04 Å². The first-order valence-corrected chi connectivity index (χ1v) is 5.96. The summed E-state index contributed by atoms with van der Waals surface area (Å²) in [5.74, 6) is 0. The minimum absolute atomic E-state index is 0.284. The molecule has 1 aromatic heterocycles. The number of aryl methyl sites for hydroxylation is 1. The highest BCUT2D eigenvalue weighted by molar-refractivity contribution is 6.35. The molecule has 1 unspecified atom stereocenters. The van der Waals surface area contributed by atoms with Gasteiger partial charge in [-0.05, 0) is 41.8 Å². The zero-order valence-electron chi connectivity index (χ0n) is 9.32. The van der Waals surface area contributed by atoms with Gasteiger partial charge < -0.3 is 5.73 Å². The molecule has 2 rings (SSSR count). The van der Waals surface area contributed by atoms with Gasteiger partial charge in [-0.2, -0.15) is 0 Å². The van der Waals surface area contributed by atoms with E-state index >= 15 is 0 Å². The number of halogens is 2. The summed E-state index contributed by atoms with van der Waals surface area (Å²) >= 11 is 12.0. The van der Waals surface area contributed by atoms with E-state index in [1.54, 1.807) is 24.5 Å². The standard InChI is InChI=1S/C13H12Cl2N2/c1-8-4-5-17-7-11(8)13(16)10-3-2-9(14)6-12(10)15/h2-7,13H,16H2,1H3. The second-order valence-corrected chi connectivity index (χ2v) is 4.72. The van der Waals surface area contributed by atoms with Crippen molar-refractivity contribution < 1.29 is 0 Å². The summed E-state index contributed by atoms with van der Waals surface area (Å²) in [5.41, 5.74) is 9.12. The lowest BCUT2D eigenvalue weighted by atomic mass is 9.98. The van der Waals surface area contributed by atoms with Crippen molar-refractivity contribution >= 4 is 23.2 Å². The van der Waals surface area contributed by atoms with Gasteiger partial charge in [0.05, 0.1) is 6.04 Å². The van der Waals surface area contributed by atoms with Crippen molar-refractivity contribution in [3.63, 3.8) is 0 Å². The van der Waals surface area contributed by atoms with E-state index in [4.69, 9.17) is 28.9 Å². The van der Waals surface area contributed by atoms with Gasteiger partial charge in [-0.3, -0.25) is 4.98 Å². The first-order valence-electron chi connectivity index (χ1n) is 5.20. The van der Waals surface area contributed by atoms with E-state index < -0.39 is 0 Å². The SMILES string of the molecule is Cc1ccncc1C(N)c1ccc(Cl)cc1Cl. The number of nitrogens with two attached hydrogens (primary N) is 1. The Morgan fingerprint density at radius 2 is 1.94 bits per heavy atom. The third-order valence-electron chi connectivity index (χ3n) is 2.71. The van der Waals surface area contributed by atoms with Crippen LogP contribution >= 0.6 is 23.2 Å². The molecule has 0 aliphatic rings. The fraction of sp³-hybridized carbons (Fsp3) is 0.154. The molecule has 2 aromatic rings. The number of rotatable bonds is 2. The van der Waals surface area contributed by atoms with Crippen LogP contribution in [-0.4, -0.2) is 4.98 Å². The third kappa shape index (κ3) is 2.60. The van der Waals surface area contributed by atoms with Crippen LogP contribution < -0.4 is 5.73 Å². The van der Waals surface area contributed by atoms with Gasteiger partial charge in [0.25, 0.3) is 0 Å². The molecule has 0 fully saturated rings. The Bertz CT molecular complexity index is 541. The van der Waals surface area contributed by atoms with E-state index in [2.05, 4.69) is 4.98 Å². The molecule has 17 heavy (non-hydrogen) atoms. The summed E-state index contributed by atoms with van der Waals surface area (Å²) in [6.45, 7) is 2.00. The van der Waals surface area contributed by atoms with E-state index in [1.165, 1.54) is 0 Å². The van der Waals surface area contributed by atoms with Gasteiger partial charge in [0.2, 0.25) is 0 Å². The quantitative estimate of drug-likeness (QED) is 0.900. The third-order valence-corrected chi connectivity index (χ3v) is 3.27. The Hall–Kier alpha value is -1.09. The smallest absolute Gasteiger partial charge is 0.0584 e. The molecule has 0 bridgehead atoms. The molecule has 88 valence electrons. The van der Waals surface area contributed by atoms with Gasteiger partial charge in [-0.15, -0.1) is 0 Å². The minimum Gasteiger partial charge on any atom is -0.320 e. The molecule has 2 nitrogen and oxygen atoms in total. The van der Waals surface area contributed by atoms with Crippen LogP contribution in [0.4, 0.5) is 0 Å². The van der Waals surface area contributed by atoms with Crippen molar-refractivity contribution in [2.75, 3.05) is 0 Å². The largest absolute Gasteiger partial charge is 0.320 e. The van der Waals surface area contributed by atoms with Crippen LogP contribution in [0.3, 0.4) is 0 Å². The lowest BCUT2D eigenvalue weighted by Crippen LogP contribution is -2.14. The predicted octanol–water partition coefficient (Wildman–Crippen LogP) is 3.74. The monoisotopic (exact) mass is 266 g/mol. The fourth-order valence-corrected chi connectivity index (χ4v) is 2.25. The van der Waals surface area contributed by atoms with Crippen molar-refractivity contribution in [1.82, 2.24) is 4.98 Å². The molecule has 0 saturated heterocycles. The second kappa shape index (κ2) is 5.05. The Kier molecular flexibility index (Phi) is 3.67. The lowest BCUT2D eigenvalue weighted by Gasteiger charge is -2.16. The molecule has 0 amide bonds. The maximum Gasteiger partial charge on any atom is 0.0584 e. The average Bonchev–Trinajstić information content (AvgIpc) is 2.29. The van der Waals surface area contributed by atoms with Crippen molar-refractivity contribution in [2.24, 2.45) is 5.73 Å². The van der Waals surface area contributed by atoms with Crippen LogP contribution in [0, 0.1) is 6.92 Å². The zero-order valence-corrected chi connectivity index (χ0v) is 10.8. The van der Waals surface area contributed by atoms with Crippen LogP contribution in [0.2, 0.25) is 10.0 Å². The molecule has 0 aliphatic heterocycles. The van der Waals surface area contributed by atoms with Crippen LogP contribution in [0.1, 0.15) is 22.7 Å². The van der Waals surface area contributed by atoms with Crippen molar-refractivity contribution in [2.45, 2.75) is 13.0 Å². The Labute approximate surface area is 110 Å². The molecule has 0 radical (unpaired) electrons. The maximum atomic E-state index is 6.20. The normalized spacial score (nSPS) is 12.5. The fourth-order valence-electron chi connectivity index (χ4n) is 1.72. The van der Waals surface area contributed by atoms with E-state index in [0.717, 1.165) is 16.7 Å². The first-order chi connectivity index (χ1) is 8.09. The van der Waals surface area contributed by atoms with E-state index in [0.29, 0.717) is 10.0 Å². The highest BCUT2D eigenvalue weighted by Crippen LogP contribution is 2.29. The molecular formula is C13H12Cl2N2. The van der Waals surface area contributed by atoms with E-state index in [1.807, 2.05) is 19.1 Å². The lowest BCUT2D eigenvalue weighted by molar-refractivity contribution is 0.853. The van der Waals surface area contributed by atoms with Gasteiger partial charge in [0, 0.05) is 22.4 Å². The zero-order chi connectivity index (χ0) is 12.4. The van der Waals surface area contributed by atoms with Gasteiger partial charge in [0.15, 0.2) is 0 Å². The summed E-state index contributed by atoms with van der Waals surface area (Å²) in [5, 5.41) is 1.18. The van der Waals surface area contributed by atoms with Gasteiger partial charge in [-0.25, -0.2) is 0 Å². The van der Waals surface area contributed by atoms with Gasteiger partial charge in [0.1, 0.15) is 0 Å². The summed E-state index contributed by atoms with van der Waals surface area (Å²) in [7, 11) is 0. The number of nitrogens with zero attached hydrogens (tertiary/aromatic N) is 1. The van der Waals surface area contributed by atoms with Gasteiger partial charge >= 0.3 is 0 Å². The van der Waals surface area contributed by atoms with Crippen molar-refractivity contribution in [1.29, 1.82) is 0 Å². The molecule has 1 aromatic carbocycles. The highest BCUT2D eigenvalue weighted by Gasteiger charge is 2.14. The predicted molar refractivity (Wildman–Crippen MR) is 71.5 cm³/mol. The number of pyridine rings is 1. The molecule has 1 heterocycles. The maximum absolute atomic E-state index is 6.20. The Balaban J connectivity index is 2.44. The Morgan fingerprint density at radius 1 is 1.18 bits per heavy atom. The Morgan fingerprint density at radius 3 is 2.59 bits per heavy atom. The number of hydrogen-bond acceptors (Lipinski definition) is 2. The van der Waals surface area contributed by atoms with Crippen LogP contribution in [0.25, 0.3) is 0 Å². The molecule has 2 N–H and O–H groups in total. The minimum atomic E-state index is -0.284. The topological polar surface area (TPSA) is 38.9 Å². The molecule has 0 aliphatic carbocycles. The van der Waals surface area contributed by atoms with E-state index in [9.17, 15) is 0 Å². The molecule has 4 heteroatoms. The molecule has 1 atom stereocenters. The van der Waals surface area contributed by atoms with Crippen LogP contribution in [0.5, 0.6) is 0 Å². The van der Waals surface area contributed by atoms with Crippen LogP contribution in [0.15, 0.2) is 36.7 Å². The summed E-state index contributed by atoms with van der Waals surface area (Å²) < 4.78 is 0. The summed E-state index contributed by atoms with van der Waals surface area (Å²) in [4.78, 5) is 4.09. The van der Waals surface area contributed by atoms with Crippen LogP contribution in [-0.2, 0) is 0 Å².